The summed E-state index contributed by atoms with van der Waals surface area (Å²) in [4.78, 5) is 69.2. The summed E-state index contributed by atoms with van der Waals surface area (Å²) in [6.07, 6.45) is 5.11. The molecule has 6 aliphatic rings. The standard InChI is InChI=1S/C42H63NO10/c1-25-10-13-42(37(48)50-21-18-43-16-19-49-20-17-43)15-14-40(8)30(34(42)26(25)2)22-31(47)35-38(6)23-32(52-28(4)45)36(53-29(5)46)39(7,24-51-27(3)44)33(38)11-12-41(35,40)9/h22,25-26,32-36H,10-21,23-24H2,1-9H3/t25-,26+,32-,33?,34?,35?,36+,38+,39+,40-,41-,42+/m1/s1. The highest BCUT2D eigenvalue weighted by Crippen LogP contribution is 2.75. The Hall–Kier alpha value is -2.79. The number of esters is 4. The van der Waals surface area contributed by atoms with Gasteiger partial charge in [-0.3, -0.25) is 28.9 Å². The van der Waals surface area contributed by atoms with Gasteiger partial charge in [0.25, 0.3) is 0 Å². The second-order valence-corrected chi connectivity index (χ2v) is 18.5. The number of morpholine rings is 1. The van der Waals surface area contributed by atoms with Crippen LogP contribution in [0.15, 0.2) is 11.6 Å². The fourth-order valence-corrected chi connectivity index (χ4v) is 13.0. The van der Waals surface area contributed by atoms with Gasteiger partial charge in [-0.05, 0) is 90.9 Å². The van der Waals surface area contributed by atoms with E-state index in [0.29, 0.717) is 51.5 Å². The van der Waals surface area contributed by atoms with Crippen molar-refractivity contribution in [1.82, 2.24) is 4.90 Å². The lowest BCUT2D eigenvalue weighted by atomic mass is 9.33. The third kappa shape index (κ3) is 6.47. The normalized spacial score (nSPS) is 43.8. The van der Waals surface area contributed by atoms with Gasteiger partial charge in [0.05, 0.1) is 18.6 Å². The smallest absolute Gasteiger partial charge is 0.312 e. The molecule has 53 heavy (non-hydrogen) atoms. The molecule has 1 heterocycles. The molecule has 5 aliphatic carbocycles. The molecule has 296 valence electrons. The van der Waals surface area contributed by atoms with E-state index in [1.807, 2.05) is 13.0 Å². The van der Waals surface area contributed by atoms with Gasteiger partial charge in [-0.15, -0.1) is 0 Å². The molecule has 0 radical (unpaired) electrons. The number of ketones is 1. The van der Waals surface area contributed by atoms with Crippen molar-refractivity contribution < 1.29 is 47.7 Å². The van der Waals surface area contributed by atoms with Crippen molar-refractivity contribution in [2.45, 2.75) is 119 Å². The zero-order valence-electron chi connectivity index (χ0n) is 33.5. The lowest BCUT2D eigenvalue weighted by molar-refractivity contribution is -0.252. The quantitative estimate of drug-likeness (QED) is 0.224. The number of nitrogens with zero attached hydrogens (tertiary/aromatic N) is 1. The van der Waals surface area contributed by atoms with E-state index in [-0.39, 0.29) is 41.5 Å². The van der Waals surface area contributed by atoms with E-state index in [4.69, 9.17) is 23.7 Å². The number of hydrogen-bond acceptors (Lipinski definition) is 11. The van der Waals surface area contributed by atoms with Gasteiger partial charge in [0.2, 0.25) is 0 Å². The Balaban J connectivity index is 1.40. The van der Waals surface area contributed by atoms with Crippen LogP contribution in [-0.4, -0.2) is 92.8 Å². The third-order valence-electron chi connectivity index (χ3n) is 15.8. The fraction of sp³-hybridized carbons (Fsp3) is 0.833. The van der Waals surface area contributed by atoms with Crippen molar-refractivity contribution >= 4 is 29.7 Å². The zero-order valence-corrected chi connectivity index (χ0v) is 33.5. The maximum Gasteiger partial charge on any atom is 0.312 e. The molecular weight excluding hydrogens is 678 g/mol. The predicted molar refractivity (Wildman–Crippen MR) is 195 cm³/mol. The van der Waals surface area contributed by atoms with Gasteiger partial charge in [0.15, 0.2) is 5.78 Å². The highest BCUT2D eigenvalue weighted by Gasteiger charge is 2.73. The number of fused-ring (bicyclic) bond motifs is 7. The van der Waals surface area contributed by atoms with Gasteiger partial charge in [0.1, 0.15) is 25.4 Å². The summed E-state index contributed by atoms with van der Waals surface area (Å²) in [5.74, 6) is -1.75. The summed E-state index contributed by atoms with van der Waals surface area (Å²) < 4.78 is 29.3. The van der Waals surface area contributed by atoms with Gasteiger partial charge < -0.3 is 23.7 Å². The average Bonchev–Trinajstić information content (AvgIpc) is 3.08. The van der Waals surface area contributed by atoms with Gasteiger partial charge >= 0.3 is 23.9 Å². The largest absolute Gasteiger partial charge is 0.465 e. The monoisotopic (exact) mass is 741 g/mol. The highest BCUT2D eigenvalue weighted by molar-refractivity contribution is 5.96. The molecule has 0 aromatic heterocycles. The molecule has 4 saturated carbocycles. The van der Waals surface area contributed by atoms with Crippen LogP contribution < -0.4 is 0 Å². The van der Waals surface area contributed by atoms with E-state index < -0.39 is 57.7 Å². The number of carbonyl (C=O) groups is 5. The average molecular weight is 742 g/mol. The van der Waals surface area contributed by atoms with Gasteiger partial charge in [-0.2, -0.15) is 0 Å². The van der Waals surface area contributed by atoms with Crippen LogP contribution in [0.4, 0.5) is 0 Å². The first kappa shape index (κ1) is 39.9. The molecule has 3 unspecified atom stereocenters. The molecule has 0 bridgehead atoms. The summed E-state index contributed by atoms with van der Waals surface area (Å²) in [5.41, 5.74) is -2.08. The van der Waals surface area contributed by atoms with E-state index in [0.717, 1.165) is 44.3 Å². The summed E-state index contributed by atoms with van der Waals surface area (Å²) in [5, 5.41) is 0. The van der Waals surface area contributed by atoms with Crippen molar-refractivity contribution in [2.24, 2.45) is 56.7 Å². The first-order valence-electron chi connectivity index (χ1n) is 20.0. The second-order valence-electron chi connectivity index (χ2n) is 18.5. The van der Waals surface area contributed by atoms with Crippen molar-refractivity contribution in [3.63, 3.8) is 0 Å². The maximum absolute atomic E-state index is 15.2. The van der Waals surface area contributed by atoms with Gasteiger partial charge in [0, 0.05) is 51.7 Å². The minimum Gasteiger partial charge on any atom is -0.465 e. The Kier molecular flexibility index (Phi) is 10.8. The van der Waals surface area contributed by atoms with Crippen molar-refractivity contribution in [3.8, 4) is 0 Å². The van der Waals surface area contributed by atoms with E-state index in [1.165, 1.54) is 20.8 Å². The van der Waals surface area contributed by atoms with Gasteiger partial charge in [-0.25, -0.2) is 0 Å². The number of rotatable bonds is 8. The zero-order chi connectivity index (χ0) is 38.7. The molecule has 11 nitrogen and oxygen atoms in total. The first-order valence-corrected chi connectivity index (χ1v) is 20.0. The van der Waals surface area contributed by atoms with Crippen LogP contribution in [0.2, 0.25) is 0 Å². The van der Waals surface area contributed by atoms with E-state index in [9.17, 15) is 19.2 Å². The number of allylic oxidation sites excluding steroid dienone is 2. The SMILES string of the molecule is CC(=O)OC[C@@]1(C)C2CC[C@]3(C)C(C(=O)C=C4C5[C@@H](C)[C@H](C)CC[C@]5(C(=O)OCCN5CCOCC5)CC[C@]43C)[C@@]2(C)C[C@@H](OC(C)=O)[C@@H]1OC(C)=O. The molecule has 0 spiro atoms. The number of carbonyl (C=O) groups excluding carboxylic acids is 5. The first-order chi connectivity index (χ1) is 24.8. The molecule has 12 atom stereocenters. The van der Waals surface area contributed by atoms with Crippen molar-refractivity contribution in [2.75, 3.05) is 46.1 Å². The molecule has 0 amide bonds. The van der Waals surface area contributed by atoms with Crippen molar-refractivity contribution in [1.29, 1.82) is 0 Å². The molecule has 0 N–H and O–H groups in total. The minimum absolute atomic E-state index is 0.0384. The van der Waals surface area contributed by atoms with Crippen LogP contribution in [0.3, 0.4) is 0 Å². The third-order valence-corrected chi connectivity index (χ3v) is 15.8. The lowest BCUT2D eigenvalue weighted by Gasteiger charge is -2.71. The van der Waals surface area contributed by atoms with Crippen molar-refractivity contribution in [3.05, 3.63) is 11.6 Å². The Morgan fingerprint density at radius 2 is 1.55 bits per heavy atom. The maximum atomic E-state index is 15.2. The van der Waals surface area contributed by atoms with Gasteiger partial charge in [-0.1, -0.05) is 47.1 Å². The summed E-state index contributed by atoms with van der Waals surface area (Å²) >= 11 is 0. The summed E-state index contributed by atoms with van der Waals surface area (Å²) in [6, 6.07) is 0. The Bertz CT molecular complexity index is 1520. The van der Waals surface area contributed by atoms with E-state index in [1.54, 1.807) is 0 Å². The number of ether oxygens (including phenoxy) is 5. The summed E-state index contributed by atoms with van der Waals surface area (Å²) in [7, 11) is 0. The molecule has 5 fully saturated rings. The Labute approximate surface area is 315 Å². The predicted octanol–water partition coefficient (Wildman–Crippen LogP) is 5.71. The molecule has 1 aliphatic heterocycles. The molecule has 1 saturated heterocycles. The fourth-order valence-electron chi connectivity index (χ4n) is 13.0. The van der Waals surface area contributed by atoms with Crippen LogP contribution in [-0.2, 0) is 47.7 Å². The van der Waals surface area contributed by atoms with Crippen LogP contribution in [0.5, 0.6) is 0 Å². The van der Waals surface area contributed by atoms with Crippen LogP contribution >= 0.6 is 0 Å². The van der Waals surface area contributed by atoms with Crippen LogP contribution in [0.25, 0.3) is 0 Å². The second kappa shape index (κ2) is 14.4. The number of hydrogen-bond donors (Lipinski definition) is 0. The van der Waals surface area contributed by atoms with Crippen LogP contribution in [0, 0.1) is 56.7 Å². The minimum atomic E-state index is -0.934. The summed E-state index contributed by atoms with van der Waals surface area (Å²) in [6.45, 7) is 21.3. The molecule has 11 heteroatoms. The van der Waals surface area contributed by atoms with E-state index in [2.05, 4.69) is 39.5 Å². The molecule has 6 rings (SSSR count). The lowest BCUT2D eigenvalue weighted by Crippen LogP contribution is -2.70. The highest BCUT2D eigenvalue weighted by atomic mass is 16.6. The van der Waals surface area contributed by atoms with E-state index >= 15 is 4.79 Å². The Morgan fingerprint density at radius 1 is 0.868 bits per heavy atom. The molecule has 0 aromatic rings. The topological polar surface area (TPSA) is 135 Å². The molecular formula is C42H63NO10. The molecule has 0 aromatic carbocycles. The Morgan fingerprint density at radius 3 is 2.19 bits per heavy atom. The van der Waals surface area contributed by atoms with Crippen LogP contribution in [0.1, 0.15) is 107 Å².